The lowest BCUT2D eigenvalue weighted by Gasteiger charge is -2.36. The number of hydrogen-bond acceptors (Lipinski definition) is 6. The molecule has 4 atom stereocenters. The number of methoxy groups -OCH3 is 1. The number of rotatable bonds is 5. The first kappa shape index (κ1) is 18.5. The van der Waals surface area contributed by atoms with E-state index in [1.807, 2.05) is 0 Å². The van der Waals surface area contributed by atoms with Gasteiger partial charge in [0.25, 0.3) is 0 Å². The second kappa shape index (κ2) is 7.95. The van der Waals surface area contributed by atoms with E-state index < -0.39 is 24.4 Å². The van der Waals surface area contributed by atoms with Crippen molar-refractivity contribution in [3.8, 4) is 17.2 Å². The van der Waals surface area contributed by atoms with Gasteiger partial charge in [0.15, 0.2) is 11.5 Å². The zero-order chi connectivity index (χ0) is 18.7. The summed E-state index contributed by atoms with van der Waals surface area (Å²) in [4.78, 5) is 0. The summed E-state index contributed by atoms with van der Waals surface area (Å²) in [6, 6.07) is 11.6. The minimum absolute atomic E-state index is 0.0384. The Morgan fingerprint density at radius 2 is 1.85 bits per heavy atom. The van der Waals surface area contributed by atoms with Crippen LogP contribution in [0.2, 0.25) is 0 Å². The lowest BCUT2D eigenvalue weighted by Crippen LogP contribution is -2.40. The Morgan fingerprint density at radius 1 is 1.12 bits per heavy atom. The molecule has 6 nitrogen and oxygen atoms in total. The largest absolute Gasteiger partial charge is 0.508 e. The topological polar surface area (TPSA) is 99.4 Å². The molecule has 0 aromatic heterocycles. The van der Waals surface area contributed by atoms with Crippen LogP contribution in [0.1, 0.15) is 30.1 Å². The Kier molecular flexibility index (Phi) is 5.66. The molecule has 0 aliphatic carbocycles. The molecule has 0 bridgehead atoms. The maximum absolute atomic E-state index is 10.6. The van der Waals surface area contributed by atoms with Crippen molar-refractivity contribution in [1.29, 1.82) is 0 Å². The minimum Gasteiger partial charge on any atom is -0.508 e. The monoisotopic (exact) mass is 360 g/mol. The van der Waals surface area contributed by atoms with Crippen molar-refractivity contribution in [2.75, 3.05) is 7.11 Å². The van der Waals surface area contributed by atoms with Crippen LogP contribution in [0.25, 0.3) is 0 Å². The zero-order valence-electron chi connectivity index (χ0n) is 14.6. The molecule has 1 saturated heterocycles. The van der Waals surface area contributed by atoms with Gasteiger partial charge in [0.2, 0.25) is 0 Å². The van der Waals surface area contributed by atoms with Gasteiger partial charge in [-0.3, -0.25) is 0 Å². The van der Waals surface area contributed by atoms with Crippen LogP contribution in [0.15, 0.2) is 42.5 Å². The highest BCUT2D eigenvalue weighted by atomic mass is 16.5. The SMILES string of the molecule is COc1cc([C@@H]2C[C@@H](O)C[C@@H]([C@H](O)Cc3ccc(O)cc3)O2)ccc1O. The highest BCUT2D eigenvalue weighted by Crippen LogP contribution is 2.37. The molecule has 4 N–H and O–H groups in total. The first-order chi connectivity index (χ1) is 12.5. The normalized spacial score (nSPS) is 24.2. The third-order valence-electron chi connectivity index (χ3n) is 4.72. The molecule has 1 aliphatic heterocycles. The Balaban J connectivity index is 1.72. The number of aromatic hydroxyl groups is 2. The fourth-order valence-corrected chi connectivity index (χ4v) is 3.30. The highest BCUT2D eigenvalue weighted by molar-refractivity contribution is 5.42. The minimum atomic E-state index is -0.781. The molecule has 2 aromatic carbocycles. The summed E-state index contributed by atoms with van der Waals surface area (Å²) in [6.07, 6.45) is -1.15. The van der Waals surface area contributed by atoms with E-state index in [1.165, 1.54) is 13.2 Å². The number of phenols is 2. The third kappa shape index (κ3) is 4.27. The highest BCUT2D eigenvalue weighted by Gasteiger charge is 2.33. The van der Waals surface area contributed by atoms with Gasteiger partial charge in [0.05, 0.1) is 31.5 Å². The first-order valence-corrected chi connectivity index (χ1v) is 8.62. The number of hydrogen-bond donors (Lipinski definition) is 4. The van der Waals surface area contributed by atoms with Crippen molar-refractivity contribution in [2.45, 2.75) is 43.7 Å². The zero-order valence-corrected chi connectivity index (χ0v) is 14.6. The number of phenolic OH excluding ortho intramolecular Hbond substituents is 2. The molecule has 0 unspecified atom stereocenters. The second-order valence-electron chi connectivity index (χ2n) is 6.66. The van der Waals surface area contributed by atoms with E-state index in [9.17, 15) is 20.4 Å². The van der Waals surface area contributed by atoms with Crippen molar-refractivity contribution in [2.24, 2.45) is 0 Å². The number of aliphatic hydroxyl groups excluding tert-OH is 2. The van der Waals surface area contributed by atoms with Crippen molar-refractivity contribution >= 4 is 0 Å². The Bertz CT molecular complexity index is 730. The van der Waals surface area contributed by atoms with Gasteiger partial charge >= 0.3 is 0 Å². The van der Waals surface area contributed by atoms with Crippen LogP contribution in [-0.2, 0) is 11.2 Å². The van der Waals surface area contributed by atoms with Crippen LogP contribution >= 0.6 is 0 Å². The van der Waals surface area contributed by atoms with Gasteiger partial charge in [-0.25, -0.2) is 0 Å². The lowest BCUT2D eigenvalue weighted by atomic mass is 9.92. The van der Waals surface area contributed by atoms with E-state index in [4.69, 9.17) is 9.47 Å². The van der Waals surface area contributed by atoms with Gasteiger partial charge in [0, 0.05) is 19.3 Å². The molecule has 2 aromatic rings. The van der Waals surface area contributed by atoms with E-state index in [0.717, 1.165) is 11.1 Å². The second-order valence-corrected chi connectivity index (χ2v) is 6.66. The quantitative estimate of drug-likeness (QED) is 0.653. The first-order valence-electron chi connectivity index (χ1n) is 8.62. The Hall–Kier alpha value is -2.28. The molecule has 0 saturated carbocycles. The summed E-state index contributed by atoms with van der Waals surface area (Å²) in [5, 5.41) is 39.9. The van der Waals surface area contributed by atoms with Gasteiger partial charge in [0.1, 0.15) is 5.75 Å². The molecule has 6 heteroatoms. The summed E-state index contributed by atoms with van der Waals surface area (Å²) in [5.74, 6) is 0.554. The molecule has 26 heavy (non-hydrogen) atoms. The van der Waals surface area contributed by atoms with Gasteiger partial charge in [-0.1, -0.05) is 18.2 Å². The van der Waals surface area contributed by atoms with E-state index in [2.05, 4.69) is 0 Å². The lowest BCUT2D eigenvalue weighted by molar-refractivity contribution is -0.139. The fraction of sp³-hybridized carbons (Fsp3) is 0.400. The molecule has 0 spiro atoms. The standard InChI is InChI=1S/C20H24O6/c1-25-19-9-13(4-7-16(19)23)18-10-15(22)11-20(26-18)17(24)8-12-2-5-14(21)6-3-12/h2-7,9,15,17-18,20-24H,8,10-11H2,1H3/t15-,17-,18+,20+/m1/s1. The molecule has 0 radical (unpaired) electrons. The van der Waals surface area contributed by atoms with Gasteiger partial charge < -0.3 is 29.9 Å². The number of benzene rings is 2. The van der Waals surface area contributed by atoms with Gasteiger partial charge in [-0.2, -0.15) is 0 Å². The molecule has 140 valence electrons. The van der Waals surface area contributed by atoms with Crippen LogP contribution in [-0.4, -0.2) is 45.8 Å². The Labute approximate surface area is 152 Å². The summed E-state index contributed by atoms with van der Waals surface area (Å²) >= 11 is 0. The summed E-state index contributed by atoms with van der Waals surface area (Å²) < 4.78 is 11.2. The maximum atomic E-state index is 10.6. The summed E-state index contributed by atoms with van der Waals surface area (Å²) in [7, 11) is 1.47. The molecule has 1 heterocycles. The molecule has 0 amide bonds. The maximum Gasteiger partial charge on any atom is 0.160 e. The van der Waals surface area contributed by atoms with Crippen molar-refractivity contribution in [1.82, 2.24) is 0 Å². The van der Waals surface area contributed by atoms with Crippen LogP contribution in [0.5, 0.6) is 17.2 Å². The van der Waals surface area contributed by atoms with Crippen molar-refractivity contribution in [3.05, 3.63) is 53.6 Å². The van der Waals surface area contributed by atoms with E-state index in [-0.39, 0.29) is 11.5 Å². The third-order valence-corrected chi connectivity index (χ3v) is 4.72. The predicted octanol–water partition coefficient (Wildman–Crippen LogP) is 2.29. The smallest absolute Gasteiger partial charge is 0.160 e. The van der Waals surface area contributed by atoms with Crippen LogP contribution < -0.4 is 4.74 Å². The van der Waals surface area contributed by atoms with Crippen LogP contribution in [0.4, 0.5) is 0 Å². The van der Waals surface area contributed by atoms with Crippen molar-refractivity contribution < 1.29 is 29.9 Å². The summed E-state index contributed by atoms with van der Waals surface area (Å²) in [6.45, 7) is 0. The summed E-state index contributed by atoms with van der Waals surface area (Å²) in [5.41, 5.74) is 1.65. The molecular weight excluding hydrogens is 336 g/mol. The Morgan fingerprint density at radius 3 is 2.54 bits per heavy atom. The van der Waals surface area contributed by atoms with Crippen LogP contribution in [0.3, 0.4) is 0 Å². The predicted molar refractivity (Wildman–Crippen MR) is 95.3 cm³/mol. The van der Waals surface area contributed by atoms with Crippen molar-refractivity contribution in [3.63, 3.8) is 0 Å². The van der Waals surface area contributed by atoms with Gasteiger partial charge in [-0.05, 0) is 35.4 Å². The fourth-order valence-electron chi connectivity index (χ4n) is 3.30. The number of aliphatic hydroxyl groups is 2. The van der Waals surface area contributed by atoms with Gasteiger partial charge in [-0.15, -0.1) is 0 Å². The number of ether oxygens (including phenoxy) is 2. The molecule has 1 aliphatic rings. The van der Waals surface area contributed by atoms with E-state index >= 15 is 0 Å². The molecule has 3 rings (SSSR count). The van der Waals surface area contributed by atoms with Crippen LogP contribution in [0, 0.1) is 0 Å². The van der Waals surface area contributed by atoms with E-state index in [1.54, 1.807) is 36.4 Å². The van der Waals surface area contributed by atoms with E-state index in [0.29, 0.717) is 25.0 Å². The molecular formula is C20H24O6. The average Bonchev–Trinajstić information content (AvgIpc) is 2.63. The molecule has 1 fully saturated rings. The average molecular weight is 360 g/mol.